The number of carbonyl (C=O) groups excluding carboxylic acids is 2. The first-order chi connectivity index (χ1) is 7.82. The van der Waals surface area contributed by atoms with Gasteiger partial charge in [0.2, 0.25) is 11.8 Å². The molecule has 0 aliphatic rings. The van der Waals surface area contributed by atoms with E-state index in [-0.39, 0.29) is 11.8 Å². The number of carbonyl (C=O) groups is 2. The van der Waals surface area contributed by atoms with Crippen molar-refractivity contribution in [2.75, 3.05) is 26.8 Å². The van der Waals surface area contributed by atoms with Gasteiger partial charge in [0.15, 0.2) is 0 Å². The molecule has 0 aromatic carbocycles. The second kappa shape index (κ2) is 7.27. The van der Waals surface area contributed by atoms with E-state index in [9.17, 15) is 9.59 Å². The molecule has 0 spiro atoms. The van der Waals surface area contributed by atoms with E-state index in [0.717, 1.165) is 0 Å². The number of ether oxygens (including phenoxy) is 1. The molecule has 0 aromatic heterocycles. The lowest BCUT2D eigenvalue weighted by atomic mass is 9.91. The van der Waals surface area contributed by atoms with Gasteiger partial charge in [0.25, 0.3) is 0 Å². The van der Waals surface area contributed by atoms with E-state index in [1.807, 2.05) is 13.8 Å². The predicted octanol–water partition coefficient (Wildman–Crippen LogP) is 0.547. The molecule has 0 unspecified atom stereocenters. The lowest BCUT2D eigenvalue weighted by molar-refractivity contribution is -0.141. The van der Waals surface area contributed by atoms with Crippen molar-refractivity contribution in [1.29, 1.82) is 0 Å². The highest BCUT2D eigenvalue weighted by molar-refractivity contribution is 6.04. The standard InChI is InChI=1S/C12H24N2O3/c1-9(2)8-14-11(16)12(3,4)10(15)13-6-7-17-5/h9H,6-8H2,1-5H3,(H,13,15)(H,14,16). The third kappa shape index (κ3) is 5.68. The summed E-state index contributed by atoms with van der Waals surface area (Å²) in [6.07, 6.45) is 0. The molecule has 2 amide bonds. The SMILES string of the molecule is COCCNC(=O)C(C)(C)C(=O)NCC(C)C. The molecule has 0 aliphatic heterocycles. The van der Waals surface area contributed by atoms with Crippen LogP contribution in [0.15, 0.2) is 0 Å². The molecule has 0 bridgehead atoms. The fraction of sp³-hybridized carbons (Fsp3) is 0.833. The highest BCUT2D eigenvalue weighted by Gasteiger charge is 2.35. The largest absolute Gasteiger partial charge is 0.383 e. The second-order valence-electron chi connectivity index (χ2n) is 4.98. The summed E-state index contributed by atoms with van der Waals surface area (Å²) in [5, 5.41) is 5.43. The van der Waals surface area contributed by atoms with Gasteiger partial charge in [0.1, 0.15) is 5.41 Å². The zero-order valence-electron chi connectivity index (χ0n) is 11.4. The average Bonchev–Trinajstić information content (AvgIpc) is 2.25. The van der Waals surface area contributed by atoms with E-state index < -0.39 is 5.41 Å². The summed E-state index contributed by atoms with van der Waals surface area (Å²) >= 11 is 0. The Labute approximate surface area is 103 Å². The van der Waals surface area contributed by atoms with E-state index in [2.05, 4.69) is 10.6 Å². The van der Waals surface area contributed by atoms with Gasteiger partial charge < -0.3 is 15.4 Å². The minimum atomic E-state index is -1.05. The fourth-order valence-electron chi connectivity index (χ4n) is 1.11. The van der Waals surface area contributed by atoms with Gasteiger partial charge in [-0.05, 0) is 19.8 Å². The normalized spacial score (nSPS) is 11.4. The van der Waals surface area contributed by atoms with Crippen LogP contribution < -0.4 is 10.6 Å². The Kier molecular flexibility index (Phi) is 6.80. The smallest absolute Gasteiger partial charge is 0.235 e. The third-order valence-electron chi connectivity index (χ3n) is 2.40. The van der Waals surface area contributed by atoms with E-state index in [1.54, 1.807) is 21.0 Å². The second-order valence-corrected chi connectivity index (χ2v) is 4.98. The first-order valence-corrected chi connectivity index (χ1v) is 5.88. The Bertz CT molecular complexity index is 262. The molecule has 0 aromatic rings. The predicted molar refractivity (Wildman–Crippen MR) is 66.5 cm³/mol. The maximum absolute atomic E-state index is 11.8. The van der Waals surface area contributed by atoms with Gasteiger partial charge in [-0.2, -0.15) is 0 Å². The van der Waals surface area contributed by atoms with Crippen molar-refractivity contribution in [2.45, 2.75) is 27.7 Å². The quantitative estimate of drug-likeness (QED) is 0.507. The number of hydrogen-bond donors (Lipinski definition) is 2. The number of hydrogen-bond acceptors (Lipinski definition) is 3. The molecule has 17 heavy (non-hydrogen) atoms. The molecule has 0 rings (SSSR count). The molecular weight excluding hydrogens is 220 g/mol. The van der Waals surface area contributed by atoms with Crippen LogP contribution >= 0.6 is 0 Å². The monoisotopic (exact) mass is 244 g/mol. The Morgan fingerprint density at radius 1 is 1.18 bits per heavy atom. The van der Waals surface area contributed by atoms with Gasteiger partial charge in [0, 0.05) is 20.2 Å². The molecule has 5 heteroatoms. The molecule has 0 saturated carbocycles. The molecule has 0 fully saturated rings. The van der Waals surface area contributed by atoms with Gasteiger partial charge in [-0.1, -0.05) is 13.8 Å². The van der Waals surface area contributed by atoms with Gasteiger partial charge in [-0.25, -0.2) is 0 Å². The van der Waals surface area contributed by atoms with Crippen LogP contribution in [-0.2, 0) is 14.3 Å². The van der Waals surface area contributed by atoms with Crippen LogP contribution in [0.2, 0.25) is 0 Å². The molecule has 0 atom stereocenters. The molecule has 0 radical (unpaired) electrons. The number of nitrogens with one attached hydrogen (secondary N) is 2. The topological polar surface area (TPSA) is 67.4 Å². The van der Waals surface area contributed by atoms with Crippen LogP contribution in [-0.4, -0.2) is 38.6 Å². The van der Waals surface area contributed by atoms with Crippen molar-refractivity contribution in [1.82, 2.24) is 10.6 Å². The van der Waals surface area contributed by atoms with Crippen molar-refractivity contribution in [3.05, 3.63) is 0 Å². The summed E-state index contributed by atoms with van der Waals surface area (Å²) in [5.74, 6) is -0.164. The Hall–Kier alpha value is -1.10. The fourth-order valence-corrected chi connectivity index (χ4v) is 1.11. The van der Waals surface area contributed by atoms with E-state index in [0.29, 0.717) is 25.6 Å². The van der Waals surface area contributed by atoms with Gasteiger partial charge >= 0.3 is 0 Å². The van der Waals surface area contributed by atoms with Crippen LogP contribution in [0.1, 0.15) is 27.7 Å². The average molecular weight is 244 g/mol. The number of rotatable bonds is 7. The number of amides is 2. The summed E-state index contributed by atoms with van der Waals surface area (Å²) in [6.45, 7) is 8.67. The summed E-state index contributed by atoms with van der Waals surface area (Å²) < 4.78 is 4.83. The summed E-state index contributed by atoms with van der Waals surface area (Å²) in [7, 11) is 1.56. The minimum Gasteiger partial charge on any atom is -0.383 e. The molecule has 0 heterocycles. The van der Waals surface area contributed by atoms with Crippen LogP contribution in [0.5, 0.6) is 0 Å². The van der Waals surface area contributed by atoms with Crippen molar-refractivity contribution < 1.29 is 14.3 Å². The summed E-state index contributed by atoms with van der Waals surface area (Å²) in [6, 6.07) is 0. The van der Waals surface area contributed by atoms with Crippen LogP contribution in [0, 0.1) is 11.3 Å². The molecule has 0 aliphatic carbocycles. The molecule has 100 valence electrons. The molecule has 5 nitrogen and oxygen atoms in total. The zero-order valence-corrected chi connectivity index (χ0v) is 11.4. The van der Waals surface area contributed by atoms with Crippen molar-refractivity contribution >= 4 is 11.8 Å². The van der Waals surface area contributed by atoms with Crippen molar-refractivity contribution in [3.8, 4) is 0 Å². The highest BCUT2D eigenvalue weighted by Crippen LogP contribution is 2.15. The van der Waals surface area contributed by atoms with Crippen molar-refractivity contribution in [3.63, 3.8) is 0 Å². The third-order valence-corrected chi connectivity index (χ3v) is 2.40. The Morgan fingerprint density at radius 2 is 1.71 bits per heavy atom. The zero-order chi connectivity index (χ0) is 13.5. The lowest BCUT2D eigenvalue weighted by Gasteiger charge is -2.23. The van der Waals surface area contributed by atoms with Crippen molar-refractivity contribution in [2.24, 2.45) is 11.3 Å². The lowest BCUT2D eigenvalue weighted by Crippen LogP contribution is -2.49. The first-order valence-electron chi connectivity index (χ1n) is 5.88. The first kappa shape index (κ1) is 15.9. The van der Waals surface area contributed by atoms with Crippen LogP contribution in [0.25, 0.3) is 0 Å². The Morgan fingerprint density at radius 3 is 2.18 bits per heavy atom. The van der Waals surface area contributed by atoms with Crippen LogP contribution in [0.3, 0.4) is 0 Å². The maximum atomic E-state index is 11.8. The minimum absolute atomic E-state index is 0.249. The van der Waals surface area contributed by atoms with Crippen LogP contribution in [0.4, 0.5) is 0 Å². The summed E-state index contributed by atoms with van der Waals surface area (Å²) in [4.78, 5) is 23.6. The van der Waals surface area contributed by atoms with E-state index >= 15 is 0 Å². The molecular formula is C12H24N2O3. The Balaban J connectivity index is 4.23. The van der Waals surface area contributed by atoms with Gasteiger partial charge in [-0.15, -0.1) is 0 Å². The molecule has 0 saturated heterocycles. The maximum Gasteiger partial charge on any atom is 0.235 e. The molecule has 2 N–H and O–H groups in total. The van der Waals surface area contributed by atoms with Gasteiger partial charge in [-0.3, -0.25) is 9.59 Å². The van der Waals surface area contributed by atoms with E-state index in [1.165, 1.54) is 0 Å². The van der Waals surface area contributed by atoms with E-state index in [4.69, 9.17) is 4.74 Å². The number of methoxy groups -OCH3 is 1. The summed E-state index contributed by atoms with van der Waals surface area (Å²) in [5.41, 5.74) is -1.05. The highest BCUT2D eigenvalue weighted by atomic mass is 16.5. The van der Waals surface area contributed by atoms with Gasteiger partial charge in [0.05, 0.1) is 6.61 Å².